The van der Waals surface area contributed by atoms with E-state index in [1.165, 1.54) is 7.11 Å². The van der Waals surface area contributed by atoms with Crippen molar-refractivity contribution >= 4 is 41.1 Å². The molecule has 3 aromatic carbocycles. The van der Waals surface area contributed by atoms with Crippen LogP contribution >= 0.6 is 0 Å². The molecule has 2 atom stereocenters. The van der Waals surface area contributed by atoms with Gasteiger partial charge in [-0.3, -0.25) is 14.9 Å². The number of para-hydroxylation sites is 2. The van der Waals surface area contributed by atoms with Crippen LogP contribution in [0.15, 0.2) is 72.8 Å². The number of anilines is 3. The molecule has 4 N–H and O–H groups in total. The number of hydrogen-bond acceptors (Lipinski definition) is 6. The zero-order chi connectivity index (χ0) is 33.0. The van der Waals surface area contributed by atoms with Gasteiger partial charge in [0, 0.05) is 16.9 Å². The Hall–Kier alpha value is -4.86. The zero-order valence-electron chi connectivity index (χ0n) is 26.9. The van der Waals surface area contributed by atoms with Gasteiger partial charge in [0.1, 0.15) is 5.60 Å². The minimum Gasteiger partial charge on any atom is -0.453 e. The second-order valence-corrected chi connectivity index (χ2v) is 12.9. The summed E-state index contributed by atoms with van der Waals surface area (Å²) in [5, 5.41) is 11.6. The van der Waals surface area contributed by atoms with E-state index in [0.29, 0.717) is 29.9 Å². The molecule has 4 rings (SSSR count). The normalized spacial score (nSPS) is 16.2. The van der Waals surface area contributed by atoms with Crippen LogP contribution < -0.4 is 21.3 Å². The molecule has 1 heterocycles. The van der Waals surface area contributed by atoms with Crippen molar-refractivity contribution in [3.8, 4) is 11.1 Å². The van der Waals surface area contributed by atoms with Crippen LogP contribution in [0, 0.1) is 11.3 Å². The molecular weight excluding hydrogens is 572 g/mol. The number of carbonyl (C=O) groups excluding carboxylic acids is 4. The number of methoxy groups -OCH3 is 1. The Kier molecular flexibility index (Phi) is 9.56. The summed E-state index contributed by atoms with van der Waals surface area (Å²) in [6.07, 6.45) is -0.320. The minimum absolute atomic E-state index is 0.304. The number of ether oxygens (including phenoxy) is 2. The molecule has 1 unspecified atom stereocenters. The van der Waals surface area contributed by atoms with Crippen LogP contribution in [0.5, 0.6) is 0 Å². The Morgan fingerprint density at radius 3 is 2.13 bits per heavy atom. The van der Waals surface area contributed by atoms with Gasteiger partial charge in [0.25, 0.3) is 0 Å². The topological polar surface area (TPSA) is 135 Å². The maximum atomic E-state index is 14.4. The highest BCUT2D eigenvalue weighted by Gasteiger charge is 2.56. The smallest absolute Gasteiger partial charge is 0.411 e. The molecule has 10 heteroatoms. The number of amides is 4. The van der Waals surface area contributed by atoms with Gasteiger partial charge in [-0.05, 0) is 89.8 Å². The quantitative estimate of drug-likeness (QED) is 0.227. The summed E-state index contributed by atoms with van der Waals surface area (Å²) in [6.45, 7) is 10.5. The Bertz CT molecular complexity index is 1580. The molecular formula is C35H42N4O6. The van der Waals surface area contributed by atoms with Gasteiger partial charge in [0.05, 0.1) is 29.7 Å². The van der Waals surface area contributed by atoms with Crippen LogP contribution in [0.2, 0.25) is 0 Å². The first-order chi connectivity index (χ1) is 21.1. The van der Waals surface area contributed by atoms with Crippen molar-refractivity contribution < 1.29 is 28.7 Å². The van der Waals surface area contributed by atoms with Crippen LogP contribution in [-0.2, 0) is 25.5 Å². The molecule has 0 saturated carbocycles. The lowest BCUT2D eigenvalue weighted by atomic mass is 9.62. The van der Waals surface area contributed by atoms with Gasteiger partial charge in [0.2, 0.25) is 11.8 Å². The molecule has 0 bridgehead atoms. The second kappa shape index (κ2) is 13.0. The summed E-state index contributed by atoms with van der Waals surface area (Å²) < 4.78 is 10.3. The summed E-state index contributed by atoms with van der Waals surface area (Å²) in [4.78, 5) is 53.0. The number of alkyl carbamates (subject to hydrolysis) is 1. The lowest BCUT2D eigenvalue weighted by Crippen LogP contribution is -2.64. The van der Waals surface area contributed by atoms with E-state index < -0.39 is 40.6 Å². The first kappa shape index (κ1) is 33.0. The first-order valence-electron chi connectivity index (χ1n) is 14.9. The number of fused-ring (bicyclic) bond motifs is 1. The third-order valence-electron chi connectivity index (χ3n) is 8.38. The second-order valence-electron chi connectivity index (χ2n) is 12.9. The average molecular weight is 615 g/mol. The molecule has 0 aromatic heterocycles. The SMILES string of the molecule is COC(=O)Nc1ccccc1-c1ccc(NC(=O)C(C)([C@H]2CCc3ccccc3NC2=O)C(C)(C)NC(=O)OC(C)(C)C)cc1. The van der Waals surface area contributed by atoms with Gasteiger partial charge < -0.3 is 25.4 Å². The van der Waals surface area contributed by atoms with Crippen molar-refractivity contribution in [2.45, 2.75) is 65.5 Å². The predicted octanol–water partition coefficient (Wildman–Crippen LogP) is 6.98. The van der Waals surface area contributed by atoms with E-state index in [1.54, 1.807) is 65.8 Å². The molecule has 3 aromatic rings. The van der Waals surface area contributed by atoms with E-state index in [0.717, 1.165) is 16.7 Å². The van der Waals surface area contributed by atoms with Crippen LogP contribution in [0.4, 0.5) is 26.7 Å². The van der Waals surface area contributed by atoms with Gasteiger partial charge in [-0.2, -0.15) is 0 Å². The number of carbonyl (C=O) groups is 4. The third-order valence-corrected chi connectivity index (χ3v) is 8.38. The monoisotopic (exact) mass is 614 g/mol. The van der Waals surface area contributed by atoms with Gasteiger partial charge in [-0.25, -0.2) is 9.59 Å². The van der Waals surface area contributed by atoms with Crippen molar-refractivity contribution in [1.82, 2.24) is 5.32 Å². The molecule has 0 saturated heterocycles. The zero-order valence-corrected chi connectivity index (χ0v) is 26.9. The van der Waals surface area contributed by atoms with E-state index >= 15 is 0 Å². The Morgan fingerprint density at radius 2 is 1.47 bits per heavy atom. The number of hydrogen-bond donors (Lipinski definition) is 4. The number of benzene rings is 3. The number of rotatable bonds is 7. The van der Waals surface area contributed by atoms with Gasteiger partial charge in [0.15, 0.2) is 0 Å². The highest BCUT2D eigenvalue weighted by molar-refractivity contribution is 6.03. The number of aryl methyl sites for hydroxylation is 1. The van der Waals surface area contributed by atoms with E-state index in [4.69, 9.17) is 9.47 Å². The molecule has 4 amide bonds. The third kappa shape index (κ3) is 7.45. The van der Waals surface area contributed by atoms with Gasteiger partial charge >= 0.3 is 12.2 Å². The fourth-order valence-electron chi connectivity index (χ4n) is 5.63. The minimum atomic E-state index is -1.42. The Balaban J connectivity index is 1.66. The summed E-state index contributed by atoms with van der Waals surface area (Å²) in [5.74, 6) is -1.54. The van der Waals surface area contributed by atoms with Crippen molar-refractivity contribution in [3.05, 3.63) is 78.4 Å². The van der Waals surface area contributed by atoms with Crippen molar-refractivity contribution in [3.63, 3.8) is 0 Å². The lowest BCUT2D eigenvalue weighted by Gasteiger charge is -2.47. The first-order valence-corrected chi connectivity index (χ1v) is 14.9. The molecule has 1 aliphatic rings. The fourth-order valence-corrected chi connectivity index (χ4v) is 5.63. The molecule has 0 aliphatic carbocycles. The van der Waals surface area contributed by atoms with Crippen molar-refractivity contribution in [2.75, 3.05) is 23.1 Å². The Labute approximate surface area is 264 Å². The summed E-state index contributed by atoms with van der Waals surface area (Å²) in [7, 11) is 1.30. The van der Waals surface area contributed by atoms with Crippen LogP contribution in [0.1, 0.15) is 53.5 Å². The maximum Gasteiger partial charge on any atom is 0.411 e. The number of nitrogens with one attached hydrogen (secondary N) is 4. The lowest BCUT2D eigenvalue weighted by molar-refractivity contribution is -0.141. The van der Waals surface area contributed by atoms with E-state index in [1.807, 2.05) is 48.5 Å². The van der Waals surface area contributed by atoms with Crippen LogP contribution in [0.25, 0.3) is 11.1 Å². The average Bonchev–Trinajstić information content (AvgIpc) is 3.14. The molecule has 0 radical (unpaired) electrons. The highest BCUT2D eigenvalue weighted by Crippen LogP contribution is 2.44. The van der Waals surface area contributed by atoms with Crippen LogP contribution in [0.3, 0.4) is 0 Å². The van der Waals surface area contributed by atoms with Gasteiger partial charge in [-0.15, -0.1) is 0 Å². The van der Waals surface area contributed by atoms with E-state index in [-0.39, 0.29) is 5.91 Å². The molecule has 0 spiro atoms. The standard InChI is InChI=1S/C35H42N4O6/c1-33(2,3)45-32(43)39-34(4,5)35(6,26-21-18-23-12-8-10-14-27(23)37-29(26)40)30(41)36-24-19-16-22(17-20-24)25-13-9-11-15-28(25)38-31(42)44-7/h8-17,19-20,26H,18,21H2,1-7H3,(H,36,41)(H,37,40)(H,38,42)(H,39,43)/t26-,35?/m0/s1. The summed E-state index contributed by atoms with van der Waals surface area (Å²) >= 11 is 0. The van der Waals surface area contributed by atoms with E-state index in [9.17, 15) is 19.2 Å². The van der Waals surface area contributed by atoms with Crippen LogP contribution in [-0.4, -0.2) is 42.3 Å². The predicted molar refractivity (Wildman–Crippen MR) is 175 cm³/mol. The highest BCUT2D eigenvalue weighted by atomic mass is 16.6. The molecule has 0 fully saturated rings. The summed E-state index contributed by atoms with van der Waals surface area (Å²) in [5.41, 5.74) is 0.922. The van der Waals surface area contributed by atoms with Crippen molar-refractivity contribution in [1.29, 1.82) is 0 Å². The van der Waals surface area contributed by atoms with Gasteiger partial charge in [-0.1, -0.05) is 48.5 Å². The molecule has 1 aliphatic heterocycles. The maximum absolute atomic E-state index is 14.4. The van der Waals surface area contributed by atoms with Crippen molar-refractivity contribution in [2.24, 2.45) is 11.3 Å². The largest absolute Gasteiger partial charge is 0.453 e. The Morgan fingerprint density at radius 1 is 0.822 bits per heavy atom. The molecule has 238 valence electrons. The summed E-state index contributed by atoms with van der Waals surface area (Å²) in [6, 6.07) is 22.0. The molecule has 45 heavy (non-hydrogen) atoms. The fraction of sp³-hybridized carbons (Fsp3) is 0.371. The molecule has 10 nitrogen and oxygen atoms in total. The van der Waals surface area contributed by atoms with E-state index in [2.05, 4.69) is 21.3 Å².